The first-order valence-corrected chi connectivity index (χ1v) is 7.46. The van der Waals surface area contributed by atoms with Gasteiger partial charge in [-0.3, -0.25) is 0 Å². The summed E-state index contributed by atoms with van der Waals surface area (Å²) in [6, 6.07) is 13.7. The van der Waals surface area contributed by atoms with Crippen molar-refractivity contribution < 1.29 is 4.39 Å². The third-order valence-electron chi connectivity index (χ3n) is 3.25. The molecule has 2 aromatic carbocycles. The molecule has 0 heterocycles. The summed E-state index contributed by atoms with van der Waals surface area (Å²) in [7, 11) is 1.93. The summed E-state index contributed by atoms with van der Waals surface area (Å²) in [5, 5.41) is 3.32. The van der Waals surface area contributed by atoms with Crippen LogP contribution >= 0.6 is 11.8 Å². The number of aryl methyl sites for hydroxylation is 1. The van der Waals surface area contributed by atoms with Crippen molar-refractivity contribution >= 4 is 11.8 Å². The molecule has 0 aliphatic carbocycles. The molecule has 0 amide bonds. The van der Waals surface area contributed by atoms with Crippen molar-refractivity contribution in [1.82, 2.24) is 5.32 Å². The maximum Gasteiger partial charge on any atom is 0.126 e. The van der Waals surface area contributed by atoms with E-state index in [4.69, 9.17) is 0 Å². The standard InChI is InChI=1S/C16H18FNS/c1-11-10-12(8-9-14(11)17)16(18-2)13-6-4-5-7-15(13)19-3/h4-10,16,18H,1-3H3. The van der Waals surface area contributed by atoms with Gasteiger partial charge in [-0.15, -0.1) is 11.8 Å². The van der Waals surface area contributed by atoms with Gasteiger partial charge in [0.2, 0.25) is 0 Å². The van der Waals surface area contributed by atoms with Gasteiger partial charge in [-0.05, 0) is 49.1 Å². The molecular weight excluding hydrogens is 257 g/mol. The quantitative estimate of drug-likeness (QED) is 0.841. The van der Waals surface area contributed by atoms with Crippen LogP contribution in [0.2, 0.25) is 0 Å². The Morgan fingerprint density at radius 2 is 1.89 bits per heavy atom. The van der Waals surface area contributed by atoms with E-state index in [2.05, 4.69) is 23.7 Å². The largest absolute Gasteiger partial charge is 0.309 e. The van der Waals surface area contributed by atoms with Crippen LogP contribution in [0.3, 0.4) is 0 Å². The van der Waals surface area contributed by atoms with Crippen LogP contribution in [-0.4, -0.2) is 13.3 Å². The number of hydrogen-bond donors (Lipinski definition) is 1. The van der Waals surface area contributed by atoms with Crippen LogP contribution in [0.25, 0.3) is 0 Å². The number of thioether (sulfide) groups is 1. The van der Waals surface area contributed by atoms with Crippen molar-refractivity contribution in [3.63, 3.8) is 0 Å². The minimum atomic E-state index is -0.156. The summed E-state index contributed by atoms with van der Waals surface area (Å²) in [5.41, 5.74) is 2.99. The van der Waals surface area contributed by atoms with Crippen LogP contribution < -0.4 is 5.32 Å². The summed E-state index contributed by atoms with van der Waals surface area (Å²) in [5.74, 6) is -0.156. The van der Waals surface area contributed by atoms with E-state index in [0.29, 0.717) is 5.56 Å². The van der Waals surface area contributed by atoms with Crippen molar-refractivity contribution in [2.24, 2.45) is 0 Å². The monoisotopic (exact) mass is 275 g/mol. The second kappa shape index (κ2) is 6.22. The molecule has 0 aromatic heterocycles. The molecule has 1 N–H and O–H groups in total. The molecule has 0 fully saturated rings. The molecule has 0 spiro atoms. The highest BCUT2D eigenvalue weighted by molar-refractivity contribution is 7.98. The molecule has 3 heteroatoms. The van der Waals surface area contributed by atoms with E-state index in [0.717, 1.165) is 5.56 Å². The van der Waals surface area contributed by atoms with E-state index in [1.54, 1.807) is 18.7 Å². The Labute approximate surface area is 118 Å². The minimum Gasteiger partial charge on any atom is -0.309 e. The molecule has 1 nitrogen and oxygen atoms in total. The Balaban J connectivity index is 2.46. The third-order valence-corrected chi connectivity index (χ3v) is 4.07. The minimum absolute atomic E-state index is 0.0861. The highest BCUT2D eigenvalue weighted by Gasteiger charge is 2.15. The third kappa shape index (κ3) is 2.99. The van der Waals surface area contributed by atoms with Gasteiger partial charge in [0, 0.05) is 4.90 Å². The lowest BCUT2D eigenvalue weighted by molar-refractivity contribution is 0.613. The SMILES string of the molecule is CNC(c1ccc(F)c(C)c1)c1ccccc1SC. The second-order valence-electron chi connectivity index (χ2n) is 4.47. The molecule has 0 aliphatic rings. The van der Waals surface area contributed by atoms with Gasteiger partial charge in [-0.1, -0.05) is 30.3 Å². The average Bonchev–Trinajstić information content (AvgIpc) is 2.44. The number of hydrogen-bond acceptors (Lipinski definition) is 2. The van der Waals surface area contributed by atoms with E-state index in [1.807, 2.05) is 31.3 Å². The maximum atomic E-state index is 13.4. The van der Waals surface area contributed by atoms with Gasteiger partial charge in [-0.25, -0.2) is 4.39 Å². The van der Waals surface area contributed by atoms with Crippen molar-refractivity contribution in [3.05, 3.63) is 65.0 Å². The number of rotatable bonds is 4. The van der Waals surface area contributed by atoms with Crippen LogP contribution in [0.5, 0.6) is 0 Å². The smallest absolute Gasteiger partial charge is 0.126 e. The average molecular weight is 275 g/mol. The van der Waals surface area contributed by atoms with Gasteiger partial charge < -0.3 is 5.32 Å². The first kappa shape index (κ1) is 14.1. The van der Waals surface area contributed by atoms with Gasteiger partial charge in [0.1, 0.15) is 5.82 Å². The van der Waals surface area contributed by atoms with Gasteiger partial charge in [0.15, 0.2) is 0 Å². The van der Waals surface area contributed by atoms with Crippen LogP contribution in [-0.2, 0) is 0 Å². The van der Waals surface area contributed by atoms with Crippen LogP contribution in [0, 0.1) is 12.7 Å². The number of nitrogens with one attached hydrogen (secondary N) is 1. The molecule has 2 aromatic rings. The lowest BCUT2D eigenvalue weighted by Gasteiger charge is -2.20. The Kier molecular flexibility index (Phi) is 4.61. The Morgan fingerprint density at radius 1 is 1.16 bits per heavy atom. The topological polar surface area (TPSA) is 12.0 Å². The summed E-state index contributed by atoms with van der Waals surface area (Å²) in [4.78, 5) is 1.24. The second-order valence-corrected chi connectivity index (χ2v) is 5.32. The summed E-state index contributed by atoms with van der Waals surface area (Å²) < 4.78 is 13.4. The van der Waals surface area contributed by atoms with E-state index < -0.39 is 0 Å². The fourth-order valence-electron chi connectivity index (χ4n) is 2.25. The summed E-state index contributed by atoms with van der Waals surface area (Å²) in [6.07, 6.45) is 2.07. The van der Waals surface area contributed by atoms with Crippen molar-refractivity contribution in [2.45, 2.75) is 17.9 Å². The zero-order valence-electron chi connectivity index (χ0n) is 11.4. The first-order chi connectivity index (χ1) is 9.17. The summed E-state index contributed by atoms with van der Waals surface area (Å²) in [6.45, 7) is 1.80. The number of benzene rings is 2. The van der Waals surface area contributed by atoms with Gasteiger partial charge in [0.05, 0.1) is 6.04 Å². The fourth-order valence-corrected chi connectivity index (χ4v) is 2.89. The highest BCUT2D eigenvalue weighted by atomic mass is 32.2. The van der Waals surface area contributed by atoms with Crippen LogP contribution in [0.15, 0.2) is 47.4 Å². The van der Waals surface area contributed by atoms with Gasteiger partial charge in [0.25, 0.3) is 0 Å². The molecule has 1 atom stereocenters. The normalized spacial score (nSPS) is 12.4. The molecule has 100 valence electrons. The van der Waals surface area contributed by atoms with E-state index in [1.165, 1.54) is 16.5 Å². The lowest BCUT2D eigenvalue weighted by Crippen LogP contribution is -2.18. The van der Waals surface area contributed by atoms with Crippen molar-refractivity contribution in [1.29, 1.82) is 0 Å². The molecule has 0 saturated heterocycles. The Bertz CT molecular complexity index is 568. The highest BCUT2D eigenvalue weighted by Crippen LogP contribution is 2.30. The zero-order chi connectivity index (χ0) is 13.8. The Hall–Kier alpha value is -1.32. The number of halogens is 1. The molecule has 0 bridgehead atoms. The van der Waals surface area contributed by atoms with Crippen LogP contribution in [0.1, 0.15) is 22.7 Å². The molecule has 1 unspecified atom stereocenters. The van der Waals surface area contributed by atoms with Crippen molar-refractivity contribution in [3.8, 4) is 0 Å². The van der Waals surface area contributed by atoms with Crippen LogP contribution in [0.4, 0.5) is 4.39 Å². The summed E-state index contributed by atoms with van der Waals surface area (Å²) >= 11 is 1.73. The Morgan fingerprint density at radius 3 is 2.53 bits per heavy atom. The zero-order valence-corrected chi connectivity index (χ0v) is 12.2. The first-order valence-electron chi connectivity index (χ1n) is 6.23. The van der Waals surface area contributed by atoms with Gasteiger partial charge in [-0.2, -0.15) is 0 Å². The molecule has 19 heavy (non-hydrogen) atoms. The molecule has 0 saturated carbocycles. The van der Waals surface area contributed by atoms with Crippen molar-refractivity contribution in [2.75, 3.05) is 13.3 Å². The molecule has 0 radical (unpaired) electrons. The van der Waals surface area contributed by atoms with E-state index >= 15 is 0 Å². The van der Waals surface area contributed by atoms with E-state index in [-0.39, 0.29) is 11.9 Å². The molecular formula is C16H18FNS. The predicted molar refractivity (Wildman–Crippen MR) is 80.3 cm³/mol. The lowest BCUT2D eigenvalue weighted by atomic mass is 9.97. The fraction of sp³-hybridized carbons (Fsp3) is 0.250. The molecule has 0 aliphatic heterocycles. The predicted octanol–water partition coefficient (Wildman–Crippen LogP) is 4.16. The maximum absolute atomic E-state index is 13.4. The van der Waals surface area contributed by atoms with Gasteiger partial charge >= 0.3 is 0 Å². The molecule has 2 rings (SSSR count). The van der Waals surface area contributed by atoms with E-state index in [9.17, 15) is 4.39 Å².